The van der Waals surface area contributed by atoms with Crippen molar-refractivity contribution in [2.45, 2.75) is 45.7 Å². The number of thiazole rings is 1. The van der Waals surface area contributed by atoms with E-state index in [1.54, 1.807) is 11.3 Å². The molecule has 0 bridgehead atoms. The van der Waals surface area contributed by atoms with E-state index in [1.807, 2.05) is 7.05 Å². The Morgan fingerprint density at radius 1 is 1.58 bits per heavy atom. The van der Waals surface area contributed by atoms with Crippen molar-refractivity contribution >= 4 is 41.3 Å². The standard InChI is InChI=1S/C13H22N4S.HI/c1-8(2)11-7-18-12(16-11)6-15-13(14-4)17-10-5-9(10)3;/h7-10H,5-6H2,1-4H3,(H2,14,15,17);1H. The number of aliphatic imine (C=N–C) groups is 1. The molecule has 2 N–H and O–H groups in total. The van der Waals surface area contributed by atoms with E-state index in [9.17, 15) is 0 Å². The summed E-state index contributed by atoms with van der Waals surface area (Å²) in [4.78, 5) is 8.83. The first-order valence-electron chi connectivity index (χ1n) is 6.51. The second-order valence-corrected chi connectivity index (χ2v) is 6.15. The molecule has 1 aliphatic carbocycles. The van der Waals surface area contributed by atoms with Crippen LogP contribution in [0.5, 0.6) is 0 Å². The second kappa shape index (κ2) is 7.42. The highest BCUT2D eigenvalue weighted by Gasteiger charge is 2.33. The molecular formula is C13H23IN4S. The number of halogens is 1. The number of rotatable bonds is 4. The molecule has 0 amide bonds. The average molecular weight is 394 g/mol. The van der Waals surface area contributed by atoms with Crippen molar-refractivity contribution in [3.05, 3.63) is 16.1 Å². The van der Waals surface area contributed by atoms with Crippen LogP contribution in [0.1, 0.15) is 43.8 Å². The molecule has 1 fully saturated rings. The van der Waals surface area contributed by atoms with Gasteiger partial charge in [-0.1, -0.05) is 20.8 Å². The summed E-state index contributed by atoms with van der Waals surface area (Å²) in [6.45, 7) is 7.33. The van der Waals surface area contributed by atoms with Crippen LogP contribution in [0.4, 0.5) is 0 Å². The van der Waals surface area contributed by atoms with Crippen LogP contribution in [0, 0.1) is 5.92 Å². The molecule has 0 aromatic carbocycles. The maximum atomic E-state index is 4.60. The van der Waals surface area contributed by atoms with Gasteiger partial charge in [0.15, 0.2) is 5.96 Å². The number of hydrogen-bond acceptors (Lipinski definition) is 3. The molecule has 1 saturated carbocycles. The van der Waals surface area contributed by atoms with Crippen LogP contribution in [-0.4, -0.2) is 24.0 Å². The third kappa shape index (κ3) is 4.91. The Balaban J connectivity index is 0.00000180. The maximum Gasteiger partial charge on any atom is 0.191 e. The summed E-state index contributed by atoms with van der Waals surface area (Å²) in [6.07, 6.45) is 1.25. The summed E-state index contributed by atoms with van der Waals surface area (Å²) in [5, 5.41) is 9.98. The molecule has 1 heterocycles. The molecule has 1 aromatic rings. The van der Waals surface area contributed by atoms with Gasteiger partial charge in [0.25, 0.3) is 0 Å². The van der Waals surface area contributed by atoms with Crippen molar-refractivity contribution in [1.29, 1.82) is 0 Å². The van der Waals surface area contributed by atoms with Crippen LogP contribution in [0.25, 0.3) is 0 Å². The third-order valence-corrected chi connectivity index (χ3v) is 4.09. The quantitative estimate of drug-likeness (QED) is 0.469. The van der Waals surface area contributed by atoms with E-state index in [4.69, 9.17) is 0 Å². The van der Waals surface area contributed by atoms with Gasteiger partial charge in [-0.25, -0.2) is 4.98 Å². The Hall–Kier alpha value is -0.370. The number of hydrogen-bond donors (Lipinski definition) is 2. The molecule has 2 rings (SSSR count). The van der Waals surface area contributed by atoms with Crippen LogP contribution in [0.3, 0.4) is 0 Å². The molecular weight excluding hydrogens is 371 g/mol. The van der Waals surface area contributed by atoms with Crippen LogP contribution in [0.15, 0.2) is 10.4 Å². The molecule has 4 nitrogen and oxygen atoms in total. The molecule has 0 spiro atoms. The molecule has 2 unspecified atom stereocenters. The molecule has 0 aliphatic heterocycles. The summed E-state index contributed by atoms with van der Waals surface area (Å²) in [7, 11) is 1.81. The minimum absolute atomic E-state index is 0. The van der Waals surface area contributed by atoms with E-state index in [0.717, 1.165) is 23.4 Å². The monoisotopic (exact) mass is 394 g/mol. The van der Waals surface area contributed by atoms with Gasteiger partial charge in [-0.2, -0.15) is 0 Å². The topological polar surface area (TPSA) is 49.3 Å². The Morgan fingerprint density at radius 2 is 2.26 bits per heavy atom. The minimum atomic E-state index is 0. The Bertz CT molecular complexity index is 430. The second-order valence-electron chi connectivity index (χ2n) is 5.21. The summed E-state index contributed by atoms with van der Waals surface area (Å²) >= 11 is 1.71. The SMILES string of the molecule is CN=C(NCc1nc(C(C)C)cs1)NC1CC1C.I. The fraction of sp³-hybridized carbons (Fsp3) is 0.692. The molecule has 6 heteroatoms. The van der Waals surface area contributed by atoms with Gasteiger partial charge in [0, 0.05) is 18.5 Å². The zero-order valence-electron chi connectivity index (χ0n) is 11.9. The summed E-state index contributed by atoms with van der Waals surface area (Å²) in [5.41, 5.74) is 1.18. The van der Waals surface area contributed by atoms with E-state index in [2.05, 4.69) is 46.8 Å². The number of aromatic nitrogens is 1. The van der Waals surface area contributed by atoms with E-state index >= 15 is 0 Å². The molecule has 1 aromatic heterocycles. The van der Waals surface area contributed by atoms with Crippen molar-refractivity contribution in [1.82, 2.24) is 15.6 Å². The molecule has 0 saturated heterocycles. The van der Waals surface area contributed by atoms with E-state index in [0.29, 0.717) is 12.0 Å². The number of nitrogens with one attached hydrogen (secondary N) is 2. The van der Waals surface area contributed by atoms with Crippen molar-refractivity contribution in [3.63, 3.8) is 0 Å². The van der Waals surface area contributed by atoms with Gasteiger partial charge >= 0.3 is 0 Å². The lowest BCUT2D eigenvalue weighted by atomic mass is 10.2. The summed E-state index contributed by atoms with van der Waals surface area (Å²) < 4.78 is 0. The van der Waals surface area contributed by atoms with Crippen molar-refractivity contribution in [3.8, 4) is 0 Å². The first kappa shape index (κ1) is 16.7. The lowest BCUT2D eigenvalue weighted by Crippen LogP contribution is -2.38. The number of guanidine groups is 1. The van der Waals surface area contributed by atoms with Gasteiger partial charge in [0.05, 0.1) is 12.2 Å². The number of nitrogens with zero attached hydrogens (tertiary/aromatic N) is 2. The Morgan fingerprint density at radius 3 is 2.74 bits per heavy atom. The van der Waals surface area contributed by atoms with Crippen molar-refractivity contribution in [2.24, 2.45) is 10.9 Å². The highest BCUT2D eigenvalue weighted by Crippen LogP contribution is 2.28. The van der Waals surface area contributed by atoms with Crippen LogP contribution in [0.2, 0.25) is 0 Å². The van der Waals surface area contributed by atoms with Crippen molar-refractivity contribution < 1.29 is 0 Å². The molecule has 2 atom stereocenters. The highest BCUT2D eigenvalue weighted by molar-refractivity contribution is 14.0. The smallest absolute Gasteiger partial charge is 0.191 e. The lowest BCUT2D eigenvalue weighted by molar-refractivity contribution is 0.756. The molecule has 108 valence electrons. The van der Waals surface area contributed by atoms with Crippen LogP contribution >= 0.6 is 35.3 Å². The van der Waals surface area contributed by atoms with E-state index < -0.39 is 0 Å². The van der Waals surface area contributed by atoms with E-state index in [1.165, 1.54) is 12.1 Å². The first-order chi connectivity index (χ1) is 8.60. The van der Waals surface area contributed by atoms with Crippen LogP contribution in [-0.2, 0) is 6.54 Å². The van der Waals surface area contributed by atoms with Crippen LogP contribution < -0.4 is 10.6 Å². The fourth-order valence-corrected chi connectivity index (χ4v) is 2.62. The average Bonchev–Trinajstić information content (AvgIpc) is 2.84. The Kier molecular flexibility index (Phi) is 6.52. The van der Waals surface area contributed by atoms with Gasteiger partial charge in [-0.05, 0) is 18.3 Å². The highest BCUT2D eigenvalue weighted by atomic mass is 127. The molecule has 1 aliphatic rings. The minimum Gasteiger partial charge on any atom is -0.353 e. The van der Waals surface area contributed by atoms with Gasteiger partial charge in [-0.3, -0.25) is 4.99 Å². The Labute approximate surface area is 136 Å². The fourth-order valence-electron chi connectivity index (χ4n) is 1.72. The zero-order chi connectivity index (χ0) is 13.1. The largest absolute Gasteiger partial charge is 0.353 e. The molecule has 19 heavy (non-hydrogen) atoms. The predicted octanol–water partition coefficient (Wildman–Crippen LogP) is 2.96. The van der Waals surface area contributed by atoms with Crippen molar-refractivity contribution in [2.75, 3.05) is 7.05 Å². The summed E-state index contributed by atoms with van der Waals surface area (Å²) in [5.74, 6) is 2.15. The zero-order valence-corrected chi connectivity index (χ0v) is 15.1. The van der Waals surface area contributed by atoms with E-state index in [-0.39, 0.29) is 24.0 Å². The van der Waals surface area contributed by atoms with Gasteiger partial charge in [-0.15, -0.1) is 35.3 Å². The van der Waals surface area contributed by atoms with Gasteiger partial charge < -0.3 is 10.6 Å². The van der Waals surface area contributed by atoms with Gasteiger partial charge in [0.1, 0.15) is 5.01 Å². The predicted molar refractivity (Wildman–Crippen MR) is 92.5 cm³/mol. The summed E-state index contributed by atoms with van der Waals surface area (Å²) in [6, 6.07) is 0.596. The first-order valence-corrected chi connectivity index (χ1v) is 7.39. The lowest BCUT2D eigenvalue weighted by Gasteiger charge is -2.10. The normalized spacial score (nSPS) is 22.1. The maximum absolute atomic E-state index is 4.60. The third-order valence-electron chi connectivity index (χ3n) is 3.22. The van der Waals surface area contributed by atoms with Gasteiger partial charge in [0.2, 0.25) is 0 Å². The molecule has 0 radical (unpaired) electrons.